The summed E-state index contributed by atoms with van der Waals surface area (Å²) in [7, 11) is 1.61. The van der Waals surface area contributed by atoms with Crippen molar-refractivity contribution in [1.29, 1.82) is 0 Å². The van der Waals surface area contributed by atoms with Crippen LogP contribution in [-0.4, -0.2) is 41.2 Å². The first-order chi connectivity index (χ1) is 13.9. The van der Waals surface area contributed by atoms with Crippen LogP contribution in [0.2, 0.25) is 0 Å². The topological polar surface area (TPSA) is 58.2 Å². The van der Waals surface area contributed by atoms with Crippen molar-refractivity contribution in [3.63, 3.8) is 0 Å². The number of ether oxygens (including phenoxy) is 1. The Kier molecular flexibility index (Phi) is 6.54. The number of aryl methyl sites for hydroxylation is 1. The van der Waals surface area contributed by atoms with Crippen LogP contribution in [0.3, 0.4) is 0 Å². The highest BCUT2D eigenvalue weighted by molar-refractivity contribution is 5.96. The van der Waals surface area contributed by atoms with E-state index in [-0.39, 0.29) is 17.1 Å². The van der Waals surface area contributed by atoms with Crippen molar-refractivity contribution in [2.24, 2.45) is 0 Å². The quantitative estimate of drug-likeness (QED) is 0.602. The van der Waals surface area contributed by atoms with Crippen LogP contribution >= 0.6 is 0 Å². The summed E-state index contributed by atoms with van der Waals surface area (Å²) < 4.78 is 42.5. The zero-order chi connectivity index (χ0) is 20.8. The summed E-state index contributed by atoms with van der Waals surface area (Å²) in [5.74, 6) is -0.840. The Morgan fingerprint density at radius 3 is 2.62 bits per heavy atom. The van der Waals surface area contributed by atoms with E-state index in [0.717, 1.165) is 11.3 Å². The number of hydrogen-bond acceptors (Lipinski definition) is 3. The molecule has 3 rings (SSSR count). The van der Waals surface area contributed by atoms with Gasteiger partial charge in [-0.15, -0.1) is 0 Å². The number of aromatic amines is 1. The largest absolute Gasteiger partial charge is 0.434 e. The summed E-state index contributed by atoms with van der Waals surface area (Å²) in [4.78, 5) is 14.0. The van der Waals surface area contributed by atoms with Gasteiger partial charge >= 0.3 is 6.61 Å². The van der Waals surface area contributed by atoms with Crippen molar-refractivity contribution in [2.75, 3.05) is 13.6 Å². The standard InChI is InChI=1S/C21H20F3N3O2/c1-27(20(28)17-6-2-3-7-19(17)29-21(23)24)12-4-5-16-13-18(26-25-16)14-8-10-15(22)11-9-14/h2-3,6-11,13,21H,4-5,12H2,1H3,(H,25,26). The van der Waals surface area contributed by atoms with Crippen molar-refractivity contribution < 1.29 is 22.7 Å². The van der Waals surface area contributed by atoms with Gasteiger partial charge in [0.2, 0.25) is 0 Å². The normalized spacial score (nSPS) is 10.9. The number of rotatable bonds is 8. The molecule has 0 radical (unpaired) electrons. The van der Waals surface area contributed by atoms with E-state index in [9.17, 15) is 18.0 Å². The molecule has 1 heterocycles. The minimum atomic E-state index is -3.00. The van der Waals surface area contributed by atoms with Crippen LogP contribution < -0.4 is 4.74 Å². The van der Waals surface area contributed by atoms with Crippen LogP contribution in [0, 0.1) is 5.82 Å². The van der Waals surface area contributed by atoms with E-state index in [1.807, 2.05) is 6.07 Å². The van der Waals surface area contributed by atoms with Gasteiger partial charge in [-0.3, -0.25) is 9.89 Å². The maximum Gasteiger partial charge on any atom is 0.387 e. The molecule has 5 nitrogen and oxygen atoms in total. The molecule has 0 bridgehead atoms. The molecule has 0 saturated carbocycles. The van der Waals surface area contributed by atoms with E-state index in [0.29, 0.717) is 25.1 Å². The van der Waals surface area contributed by atoms with Crippen LogP contribution in [0.1, 0.15) is 22.5 Å². The molecule has 8 heteroatoms. The molecule has 152 valence electrons. The summed E-state index contributed by atoms with van der Waals surface area (Å²) in [5, 5.41) is 7.15. The van der Waals surface area contributed by atoms with Gasteiger partial charge in [-0.1, -0.05) is 12.1 Å². The number of carbonyl (C=O) groups is 1. The molecule has 0 aliphatic heterocycles. The molecule has 0 fully saturated rings. The molecule has 0 spiro atoms. The number of nitrogens with zero attached hydrogens (tertiary/aromatic N) is 2. The third kappa shape index (κ3) is 5.37. The van der Waals surface area contributed by atoms with Gasteiger partial charge in [0.1, 0.15) is 11.6 Å². The van der Waals surface area contributed by atoms with E-state index >= 15 is 0 Å². The number of para-hydroxylation sites is 1. The maximum atomic E-state index is 13.0. The number of halogens is 3. The number of nitrogens with one attached hydrogen (secondary N) is 1. The predicted octanol–water partition coefficient (Wildman–Crippen LogP) is 4.52. The van der Waals surface area contributed by atoms with Crippen molar-refractivity contribution >= 4 is 5.91 Å². The average molecular weight is 403 g/mol. The third-order valence-electron chi connectivity index (χ3n) is 4.39. The molecule has 1 N–H and O–H groups in total. The number of amides is 1. The van der Waals surface area contributed by atoms with Gasteiger partial charge in [0.25, 0.3) is 5.91 Å². The smallest absolute Gasteiger partial charge is 0.387 e. The van der Waals surface area contributed by atoms with Gasteiger partial charge in [-0.2, -0.15) is 13.9 Å². The van der Waals surface area contributed by atoms with E-state index in [2.05, 4.69) is 14.9 Å². The third-order valence-corrected chi connectivity index (χ3v) is 4.39. The van der Waals surface area contributed by atoms with E-state index in [1.54, 1.807) is 25.2 Å². The fourth-order valence-corrected chi connectivity index (χ4v) is 2.91. The second-order valence-electron chi connectivity index (χ2n) is 6.49. The molecule has 0 aliphatic carbocycles. The number of H-pyrrole nitrogens is 1. The maximum absolute atomic E-state index is 13.0. The first kappa shape index (κ1) is 20.4. The number of hydrogen-bond donors (Lipinski definition) is 1. The lowest BCUT2D eigenvalue weighted by molar-refractivity contribution is -0.0502. The Balaban J connectivity index is 1.56. The average Bonchev–Trinajstić information content (AvgIpc) is 3.17. The number of carbonyl (C=O) groups excluding carboxylic acids is 1. The monoisotopic (exact) mass is 403 g/mol. The SMILES string of the molecule is CN(CCCc1cc(-c2ccc(F)cc2)n[nH]1)C(=O)c1ccccc1OC(F)F. The molecular formula is C21H20F3N3O2. The first-order valence-corrected chi connectivity index (χ1v) is 9.03. The summed E-state index contributed by atoms with van der Waals surface area (Å²) in [5.41, 5.74) is 2.49. The molecule has 0 atom stereocenters. The Morgan fingerprint density at radius 1 is 1.17 bits per heavy atom. The second-order valence-corrected chi connectivity index (χ2v) is 6.49. The van der Waals surface area contributed by atoms with Gasteiger partial charge in [0.15, 0.2) is 0 Å². The van der Waals surface area contributed by atoms with Crippen LogP contribution in [0.15, 0.2) is 54.6 Å². The Labute approximate surface area is 166 Å². The zero-order valence-corrected chi connectivity index (χ0v) is 15.7. The number of aromatic nitrogens is 2. The number of alkyl halides is 2. The van der Waals surface area contributed by atoms with Crippen molar-refractivity contribution in [2.45, 2.75) is 19.5 Å². The van der Waals surface area contributed by atoms with Gasteiger partial charge in [-0.25, -0.2) is 4.39 Å². The fourth-order valence-electron chi connectivity index (χ4n) is 2.91. The summed E-state index contributed by atoms with van der Waals surface area (Å²) in [6.45, 7) is -2.57. The van der Waals surface area contributed by atoms with Gasteiger partial charge in [-0.05, 0) is 55.3 Å². The van der Waals surface area contributed by atoms with Gasteiger partial charge < -0.3 is 9.64 Å². The van der Waals surface area contributed by atoms with Gasteiger partial charge in [0.05, 0.1) is 11.3 Å². The molecule has 2 aromatic carbocycles. The molecule has 0 unspecified atom stereocenters. The van der Waals surface area contributed by atoms with E-state index in [4.69, 9.17) is 0 Å². The fraction of sp³-hybridized carbons (Fsp3) is 0.238. The summed E-state index contributed by atoms with van der Waals surface area (Å²) in [6, 6.07) is 13.9. The highest BCUT2D eigenvalue weighted by Crippen LogP contribution is 2.22. The first-order valence-electron chi connectivity index (χ1n) is 9.03. The highest BCUT2D eigenvalue weighted by Gasteiger charge is 2.18. The molecule has 1 amide bonds. The van der Waals surface area contributed by atoms with E-state index in [1.165, 1.54) is 35.2 Å². The Morgan fingerprint density at radius 2 is 1.90 bits per heavy atom. The molecule has 3 aromatic rings. The summed E-state index contributed by atoms with van der Waals surface area (Å²) >= 11 is 0. The predicted molar refractivity (Wildman–Crippen MR) is 102 cm³/mol. The zero-order valence-electron chi connectivity index (χ0n) is 15.7. The second kappa shape index (κ2) is 9.27. The van der Waals surface area contributed by atoms with Crippen molar-refractivity contribution in [3.05, 3.63) is 71.7 Å². The Hall–Kier alpha value is -3.29. The van der Waals surface area contributed by atoms with Crippen LogP contribution in [-0.2, 0) is 6.42 Å². The number of benzene rings is 2. The van der Waals surface area contributed by atoms with Crippen LogP contribution in [0.25, 0.3) is 11.3 Å². The minimum Gasteiger partial charge on any atom is -0.434 e. The van der Waals surface area contributed by atoms with Gasteiger partial charge in [0, 0.05) is 24.8 Å². The lowest BCUT2D eigenvalue weighted by Gasteiger charge is -2.18. The molecular weight excluding hydrogens is 383 g/mol. The molecule has 29 heavy (non-hydrogen) atoms. The summed E-state index contributed by atoms with van der Waals surface area (Å²) in [6.07, 6.45) is 1.28. The highest BCUT2D eigenvalue weighted by atomic mass is 19.3. The minimum absolute atomic E-state index is 0.0930. The van der Waals surface area contributed by atoms with Crippen molar-refractivity contribution in [3.8, 4) is 17.0 Å². The molecule has 0 aliphatic rings. The lowest BCUT2D eigenvalue weighted by Crippen LogP contribution is -2.28. The Bertz CT molecular complexity index is 958. The van der Waals surface area contributed by atoms with Crippen LogP contribution in [0.4, 0.5) is 13.2 Å². The molecule has 0 saturated heterocycles. The van der Waals surface area contributed by atoms with E-state index < -0.39 is 12.5 Å². The molecule has 1 aromatic heterocycles. The lowest BCUT2D eigenvalue weighted by atomic mass is 10.1. The van der Waals surface area contributed by atoms with Crippen molar-refractivity contribution in [1.82, 2.24) is 15.1 Å². The van der Waals surface area contributed by atoms with Crippen LogP contribution in [0.5, 0.6) is 5.75 Å².